The van der Waals surface area contributed by atoms with Gasteiger partial charge in [-0.3, -0.25) is 14.5 Å². The molecule has 0 aliphatic carbocycles. The Morgan fingerprint density at radius 3 is 2.37 bits per heavy atom. The number of rotatable bonds is 5. The number of aliphatic hydroxyl groups excluding tert-OH is 1. The zero-order chi connectivity index (χ0) is 25.4. The molecule has 180 valence electrons. The SMILES string of the molecule is COc1cc(/C(O)=C2\C(=O)C(=O)N(c3cc(F)ccc3F)C2c2cccc(C)c2)c(OC)cc1Cl. The summed E-state index contributed by atoms with van der Waals surface area (Å²) in [5, 5.41) is 11.5. The summed E-state index contributed by atoms with van der Waals surface area (Å²) < 4.78 is 39.4. The summed E-state index contributed by atoms with van der Waals surface area (Å²) in [5.41, 5.74) is 0.474. The fraction of sp³-hybridized carbons (Fsp3) is 0.154. The van der Waals surface area contributed by atoms with Crippen LogP contribution >= 0.6 is 11.6 Å². The van der Waals surface area contributed by atoms with Crippen LogP contribution in [0.15, 0.2) is 60.2 Å². The summed E-state index contributed by atoms with van der Waals surface area (Å²) >= 11 is 6.16. The number of amides is 1. The van der Waals surface area contributed by atoms with Crippen LogP contribution in [-0.4, -0.2) is 31.0 Å². The molecule has 4 rings (SSSR count). The van der Waals surface area contributed by atoms with Crippen LogP contribution in [0, 0.1) is 18.6 Å². The van der Waals surface area contributed by atoms with Crippen LogP contribution in [0.5, 0.6) is 11.5 Å². The molecule has 0 saturated carbocycles. The van der Waals surface area contributed by atoms with Crippen LogP contribution in [0.3, 0.4) is 0 Å². The lowest BCUT2D eigenvalue weighted by molar-refractivity contribution is -0.132. The number of aliphatic hydroxyl groups is 1. The fourth-order valence-corrected chi connectivity index (χ4v) is 4.33. The quantitative estimate of drug-likeness (QED) is 0.282. The summed E-state index contributed by atoms with van der Waals surface area (Å²) in [6.07, 6.45) is 0. The van der Waals surface area contributed by atoms with Crippen LogP contribution < -0.4 is 14.4 Å². The van der Waals surface area contributed by atoms with Gasteiger partial charge in [-0.2, -0.15) is 0 Å². The number of carbonyl (C=O) groups is 2. The predicted molar refractivity (Wildman–Crippen MR) is 127 cm³/mol. The van der Waals surface area contributed by atoms with E-state index in [1.165, 1.54) is 26.4 Å². The van der Waals surface area contributed by atoms with Gasteiger partial charge in [0, 0.05) is 12.1 Å². The van der Waals surface area contributed by atoms with E-state index in [1.54, 1.807) is 31.2 Å². The van der Waals surface area contributed by atoms with Crippen molar-refractivity contribution in [3.63, 3.8) is 0 Å². The van der Waals surface area contributed by atoms with Gasteiger partial charge < -0.3 is 14.6 Å². The number of hydrogen-bond donors (Lipinski definition) is 1. The van der Waals surface area contributed by atoms with E-state index in [0.717, 1.165) is 28.7 Å². The van der Waals surface area contributed by atoms with E-state index >= 15 is 0 Å². The van der Waals surface area contributed by atoms with Gasteiger partial charge in [0.15, 0.2) is 0 Å². The smallest absolute Gasteiger partial charge is 0.300 e. The first-order valence-corrected chi connectivity index (χ1v) is 10.8. The molecule has 0 spiro atoms. The Labute approximate surface area is 205 Å². The molecule has 0 bridgehead atoms. The van der Waals surface area contributed by atoms with E-state index in [-0.39, 0.29) is 27.7 Å². The third-order valence-electron chi connectivity index (χ3n) is 5.70. The van der Waals surface area contributed by atoms with E-state index in [0.29, 0.717) is 5.56 Å². The normalized spacial score (nSPS) is 17.1. The Balaban J connectivity index is 2.04. The van der Waals surface area contributed by atoms with Crippen LogP contribution in [0.25, 0.3) is 5.76 Å². The highest BCUT2D eigenvalue weighted by atomic mass is 35.5. The number of hydrogen-bond acceptors (Lipinski definition) is 5. The number of halogens is 3. The second kappa shape index (κ2) is 9.38. The molecule has 0 radical (unpaired) electrons. The van der Waals surface area contributed by atoms with Crippen molar-refractivity contribution in [1.82, 2.24) is 0 Å². The number of ether oxygens (including phenoxy) is 2. The minimum atomic E-state index is -1.25. The lowest BCUT2D eigenvalue weighted by Crippen LogP contribution is -2.30. The first-order chi connectivity index (χ1) is 16.7. The van der Waals surface area contributed by atoms with Crippen molar-refractivity contribution in [2.75, 3.05) is 19.1 Å². The van der Waals surface area contributed by atoms with Crippen LogP contribution in [-0.2, 0) is 9.59 Å². The third-order valence-corrected chi connectivity index (χ3v) is 5.99. The van der Waals surface area contributed by atoms with Crippen molar-refractivity contribution in [3.8, 4) is 11.5 Å². The molecule has 9 heteroatoms. The molecule has 3 aromatic rings. The number of Topliss-reactive ketones (excluding diaryl/α,β-unsaturated/α-hetero) is 1. The molecule has 1 saturated heterocycles. The second-order valence-electron chi connectivity index (χ2n) is 7.87. The number of carbonyl (C=O) groups excluding carboxylic acids is 2. The van der Waals surface area contributed by atoms with Gasteiger partial charge >= 0.3 is 0 Å². The van der Waals surface area contributed by atoms with Gasteiger partial charge in [-0.25, -0.2) is 8.78 Å². The van der Waals surface area contributed by atoms with Crippen LogP contribution in [0.4, 0.5) is 14.5 Å². The molecular formula is C26H20ClF2NO5. The number of ketones is 1. The van der Waals surface area contributed by atoms with Crippen LogP contribution in [0.1, 0.15) is 22.7 Å². The first-order valence-electron chi connectivity index (χ1n) is 10.4. The lowest BCUT2D eigenvalue weighted by atomic mass is 9.94. The summed E-state index contributed by atoms with van der Waals surface area (Å²) in [6, 6.07) is 10.9. The van der Waals surface area contributed by atoms with Gasteiger partial charge in [0.2, 0.25) is 0 Å². The maximum atomic E-state index is 14.8. The largest absolute Gasteiger partial charge is 0.507 e. The van der Waals surface area contributed by atoms with E-state index in [1.807, 2.05) is 0 Å². The lowest BCUT2D eigenvalue weighted by Gasteiger charge is -2.26. The van der Waals surface area contributed by atoms with Crippen molar-refractivity contribution in [1.29, 1.82) is 0 Å². The van der Waals surface area contributed by atoms with E-state index in [4.69, 9.17) is 21.1 Å². The number of benzene rings is 3. The van der Waals surface area contributed by atoms with E-state index in [9.17, 15) is 23.5 Å². The Kier molecular flexibility index (Phi) is 6.49. The Morgan fingerprint density at radius 1 is 1.00 bits per heavy atom. The molecule has 1 aliphatic heterocycles. The van der Waals surface area contributed by atoms with Crippen LogP contribution in [0.2, 0.25) is 5.02 Å². The molecular weight excluding hydrogens is 480 g/mol. The second-order valence-corrected chi connectivity index (χ2v) is 8.27. The Morgan fingerprint density at radius 2 is 1.71 bits per heavy atom. The average molecular weight is 500 g/mol. The minimum absolute atomic E-state index is 0.0316. The first kappa shape index (κ1) is 24.2. The molecule has 1 atom stereocenters. The van der Waals surface area contributed by atoms with Gasteiger partial charge in [0.1, 0.15) is 28.9 Å². The standard InChI is InChI=1S/C26H20ClF2NO5/c1-13-5-4-6-14(9-13)23-22(24(31)16-11-21(35-3)17(27)12-20(16)34-2)25(32)26(33)30(23)19-10-15(28)7-8-18(19)29/h4-12,23,31H,1-3H3/b24-22+. The predicted octanol–water partition coefficient (Wildman–Crippen LogP) is 5.57. The molecule has 0 aromatic heterocycles. The maximum absolute atomic E-state index is 14.8. The monoisotopic (exact) mass is 499 g/mol. The maximum Gasteiger partial charge on any atom is 0.300 e. The van der Waals surface area contributed by atoms with Crippen molar-refractivity contribution >= 4 is 34.7 Å². The average Bonchev–Trinajstić information content (AvgIpc) is 3.10. The molecule has 6 nitrogen and oxygen atoms in total. The highest BCUT2D eigenvalue weighted by Gasteiger charge is 2.48. The van der Waals surface area contributed by atoms with Crippen molar-refractivity contribution in [2.45, 2.75) is 13.0 Å². The van der Waals surface area contributed by atoms with Crippen molar-refractivity contribution < 1.29 is 33.0 Å². The van der Waals surface area contributed by atoms with E-state index in [2.05, 4.69) is 0 Å². The molecule has 1 aliphatic rings. The molecule has 1 unspecified atom stereocenters. The molecule has 35 heavy (non-hydrogen) atoms. The minimum Gasteiger partial charge on any atom is -0.507 e. The van der Waals surface area contributed by atoms with Gasteiger partial charge in [-0.1, -0.05) is 41.4 Å². The van der Waals surface area contributed by atoms with Gasteiger partial charge in [-0.15, -0.1) is 0 Å². The summed E-state index contributed by atoms with van der Waals surface area (Å²) in [6.45, 7) is 1.80. The molecule has 1 fully saturated rings. The van der Waals surface area contributed by atoms with Crippen molar-refractivity contribution in [2.24, 2.45) is 0 Å². The fourth-order valence-electron chi connectivity index (χ4n) is 4.10. The highest BCUT2D eigenvalue weighted by Crippen LogP contribution is 2.45. The van der Waals surface area contributed by atoms with E-state index < -0.39 is 40.8 Å². The molecule has 3 aromatic carbocycles. The third kappa shape index (κ3) is 4.21. The van der Waals surface area contributed by atoms with Gasteiger partial charge in [0.05, 0.1) is 42.1 Å². The Bertz CT molecular complexity index is 1390. The Hall–Kier alpha value is -3.91. The highest BCUT2D eigenvalue weighted by molar-refractivity contribution is 6.51. The number of anilines is 1. The van der Waals surface area contributed by atoms with Gasteiger partial charge in [0.25, 0.3) is 11.7 Å². The zero-order valence-electron chi connectivity index (χ0n) is 18.9. The molecule has 1 amide bonds. The van der Waals surface area contributed by atoms with Gasteiger partial charge in [-0.05, 0) is 30.7 Å². The summed E-state index contributed by atoms with van der Waals surface area (Å²) in [5.74, 6) is -4.19. The number of methoxy groups -OCH3 is 2. The topological polar surface area (TPSA) is 76.1 Å². The van der Waals surface area contributed by atoms with Crippen molar-refractivity contribution in [3.05, 3.63) is 93.5 Å². The molecule has 1 heterocycles. The summed E-state index contributed by atoms with van der Waals surface area (Å²) in [7, 11) is 2.71. The zero-order valence-corrected chi connectivity index (χ0v) is 19.7. The number of aryl methyl sites for hydroxylation is 1. The number of nitrogens with zero attached hydrogens (tertiary/aromatic N) is 1. The summed E-state index contributed by atoms with van der Waals surface area (Å²) in [4.78, 5) is 27.3. The molecule has 1 N–H and O–H groups in total.